The van der Waals surface area contributed by atoms with Crippen LogP contribution in [0.2, 0.25) is 0 Å². The number of rotatable bonds is 39. The van der Waals surface area contributed by atoms with Crippen LogP contribution in [0.4, 0.5) is 0 Å². The second-order valence-corrected chi connectivity index (χ2v) is 14.5. The van der Waals surface area contributed by atoms with Gasteiger partial charge in [0.25, 0.3) is 0 Å². The van der Waals surface area contributed by atoms with E-state index >= 15 is 0 Å². The van der Waals surface area contributed by atoms with E-state index in [2.05, 4.69) is 26.1 Å². The van der Waals surface area contributed by atoms with Gasteiger partial charge < -0.3 is 10.1 Å². The van der Waals surface area contributed by atoms with E-state index in [0.29, 0.717) is 25.9 Å². The molecule has 0 aliphatic carbocycles. The molecule has 0 amide bonds. The van der Waals surface area contributed by atoms with Crippen molar-refractivity contribution in [1.82, 2.24) is 5.32 Å². The highest BCUT2D eigenvalue weighted by Crippen LogP contribution is 2.18. The Morgan fingerprint density at radius 1 is 0.435 bits per heavy atom. The Kier molecular flexibility index (Phi) is 37.8. The molecular formula is C42H83NO3. The summed E-state index contributed by atoms with van der Waals surface area (Å²) >= 11 is 0. The van der Waals surface area contributed by atoms with Crippen LogP contribution < -0.4 is 5.32 Å². The molecule has 0 aromatic rings. The van der Waals surface area contributed by atoms with Crippen molar-refractivity contribution in [3.05, 3.63) is 0 Å². The molecule has 0 fully saturated rings. The number of ketones is 1. The lowest BCUT2D eigenvalue weighted by Crippen LogP contribution is -2.27. The number of hydrogen-bond donors (Lipinski definition) is 1. The van der Waals surface area contributed by atoms with E-state index in [-0.39, 0.29) is 17.9 Å². The zero-order valence-electron chi connectivity index (χ0n) is 31.8. The molecule has 1 N–H and O–H groups in total. The summed E-state index contributed by atoms with van der Waals surface area (Å²) in [6, 6.07) is 0. The fourth-order valence-corrected chi connectivity index (χ4v) is 6.54. The van der Waals surface area contributed by atoms with E-state index in [1.165, 1.54) is 167 Å². The molecule has 0 aromatic heterocycles. The predicted molar refractivity (Wildman–Crippen MR) is 202 cm³/mol. The van der Waals surface area contributed by atoms with Crippen LogP contribution in [0, 0.1) is 0 Å². The molecule has 0 aliphatic rings. The maximum atomic E-state index is 12.7. The lowest BCUT2D eigenvalue weighted by atomic mass is 10.0. The third kappa shape index (κ3) is 35.9. The van der Waals surface area contributed by atoms with Crippen molar-refractivity contribution in [2.24, 2.45) is 0 Å². The Balaban J connectivity index is 4.04. The van der Waals surface area contributed by atoms with Gasteiger partial charge in [-0.3, -0.25) is 9.59 Å². The van der Waals surface area contributed by atoms with Crippen LogP contribution in [0.3, 0.4) is 0 Å². The van der Waals surface area contributed by atoms with Gasteiger partial charge in [0, 0.05) is 13.0 Å². The molecule has 46 heavy (non-hydrogen) atoms. The highest BCUT2D eigenvalue weighted by atomic mass is 16.5. The molecule has 4 nitrogen and oxygen atoms in total. The summed E-state index contributed by atoms with van der Waals surface area (Å²) < 4.78 is 5.99. The van der Waals surface area contributed by atoms with Crippen molar-refractivity contribution in [3.8, 4) is 0 Å². The monoisotopic (exact) mass is 650 g/mol. The fraction of sp³-hybridized carbons (Fsp3) is 0.952. The van der Waals surface area contributed by atoms with Crippen LogP contribution in [0.1, 0.15) is 239 Å². The quantitative estimate of drug-likeness (QED) is 0.0532. The van der Waals surface area contributed by atoms with E-state index in [1.54, 1.807) is 0 Å². The van der Waals surface area contributed by atoms with Gasteiger partial charge in [-0.15, -0.1) is 0 Å². The number of nitrogens with one attached hydrogen (secondary N) is 1. The van der Waals surface area contributed by atoms with Gasteiger partial charge in [0.05, 0.1) is 13.0 Å². The summed E-state index contributed by atoms with van der Waals surface area (Å²) in [6.07, 6.45) is 42.6. The van der Waals surface area contributed by atoms with Crippen molar-refractivity contribution in [2.45, 2.75) is 245 Å². The second kappa shape index (κ2) is 38.5. The number of esters is 1. The Morgan fingerprint density at radius 2 is 0.761 bits per heavy atom. The lowest BCUT2D eigenvalue weighted by molar-refractivity contribution is -0.149. The molecule has 1 unspecified atom stereocenters. The number of ether oxygens (including phenoxy) is 1. The van der Waals surface area contributed by atoms with Crippen molar-refractivity contribution in [1.29, 1.82) is 0 Å². The topological polar surface area (TPSA) is 55.4 Å². The summed E-state index contributed by atoms with van der Waals surface area (Å²) in [5, 5.41) is 3.20. The highest BCUT2D eigenvalue weighted by Gasteiger charge is 2.14. The van der Waals surface area contributed by atoms with Gasteiger partial charge >= 0.3 is 5.97 Å². The van der Waals surface area contributed by atoms with E-state index < -0.39 is 0 Å². The Bertz CT molecular complexity index is 622. The van der Waals surface area contributed by atoms with Gasteiger partial charge in [-0.25, -0.2) is 0 Å². The molecule has 0 aliphatic heterocycles. The molecule has 4 heteroatoms. The van der Waals surface area contributed by atoms with Crippen molar-refractivity contribution < 1.29 is 14.3 Å². The summed E-state index contributed by atoms with van der Waals surface area (Å²) in [5.74, 6) is 0.173. The van der Waals surface area contributed by atoms with E-state index in [1.807, 2.05) is 0 Å². The second-order valence-electron chi connectivity index (χ2n) is 14.5. The number of unbranched alkanes of at least 4 members (excludes halogenated alkanes) is 27. The number of hydrogen-bond acceptors (Lipinski definition) is 4. The first-order valence-corrected chi connectivity index (χ1v) is 21.1. The van der Waals surface area contributed by atoms with Crippen LogP contribution in [-0.2, 0) is 14.3 Å². The molecule has 0 heterocycles. The number of Topliss-reactive ketones (excluding diaryl/α,β-unsaturated/α-hetero) is 1. The van der Waals surface area contributed by atoms with E-state index in [0.717, 1.165) is 38.5 Å². The standard InChI is InChI=1S/C42H83NO3/c1-4-7-10-13-16-19-21-23-25-28-31-34-40(44)39-43-38-37-42(45)46-41(35-32-29-26-18-15-12-9-6-3)36-33-30-27-24-22-20-17-14-11-8-5-2/h41,43H,4-39H2,1-3H3. The maximum absolute atomic E-state index is 12.7. The zero-order valence-corrected chi connectivity index (χ0v) is 31.8. The lowest BCUT2D eigenvalue weighted by Gasteiger charge is -2.18. The Labute approximate surface area is 289 Å². The maximum Gasteiger partial charge on any atom is 0.307 e. The first-order valence-electron chi connectivity index (χ1n) is 21.1. The zero-order chi connectivity index (χ0) is 33.6. The van der Waals surface area contributed by atoms with Crippen LogP contribution in [0.25, 0.3) is 0 Å². The summed E-state index contributed by atoms with van der Waals surface area (Å²) in [5.41, 5.74) is 0. The third-order valence-electron chi connectivity index (χ3n) is 9.69. The van der Waals surface area contributed by atoms with Gasteiger partial charge in [-0.2, -0.15) is 0 Å². The Morgan fingerprint density at radius 3 is 1.13 bits per heavy atom. The van der Waals surface area contributed by atoms with Gasteiger partial charge in [0.2, 0.25) is 0 Å². The first kappa shape index (κ1) is 45.1. The van der Waals surface area contributed by atoms with Crippen LogP contribution in [0.5, 0.6) is 0 Å². The van der Waals surface area contributed by atoms with Crippen molar-refractivity contribution in [2.75, 3.05) is 13.1 Å². The molecule has 0 radical (unpaired) electrons. The van der Waals surface area contributed by atoms with Gasteiger partial charge in [0.15, 0.2) is 0 Å². The minimum atomic E-state index is -0.0991. The molecule has 0 spiro atoms. The number of carbonyl (C=O) groups is 2. The molecule has 0 saturated carbocycles. The summed E-state index contributed by atoms with van der Waals surface area (Å²) in [7, 11) is 0. The molecule has 0 saturated heterocycles. The minimum absolute atomic E-state index is 0.0637. The Hall–Kier alpha value is -0.900. The van der Waals surface area contributed by atoms with Crippen molar-refractivity contribution in [3.63, 3.8) is 0 Å². The molecule has 274 valence electrons. The normalized spacial score (nSPS) is 12.1. The van der Waals surface area contributed by atoms with Crippen LogP contribution >= 0.6 is 0 Å². The van der Waals surface area contributed by atoms with Gasteiger partial charge in [-0.1, -0.05) is 194 Å². The molecule has 1 atom stereocenters. The summed E-state index contributed by atoms with van der Waals surface area (Å²) in [6.45, 7) is 7.74. The van der Waals surface area contributed by atoms with E-state index in [4.69, 9.17) is 4.74 Å². The van der Waals surface area contributed by atoms with Crippen molar-refractivity contribution >= 4 is 11.8 Å². The molecular weight excluding hydrogens is 566 g/mol. The highest BCUT2D eigenvalue weighted by molar-refractivity contribution is 5.80. The SMILES string of the molecule is CCCCCCCCCCCCCC(=O)CNCCC(=O)OC(CCCCCCCCCC)CCCCCCCCCCCCC. The minimum Gasteiger partial charge on any atom is -0.462 e. The third-order valence-corrected chi connectivity index (χ3v) is 9.69. The fourth-order valence-electron chi connectivity index (χ4n) is 6.54. The number of carbonyl (C=O) groups excluding carboxylic acids is 2. The van der Waals surface area contributed by atoms with E-state index in [9.17, 15) is 9.59 Å². The smallest absolute Gasteiger partial charge is 0.307 e. The average Bonchev–Trinajstić information content (AvgIpc) is 3.05. The average molecular weight is 650 g/mol. The first-order chi connectivity index (χ1) is 22.6. The van der Waals surface area contributed by atoms with Gasteiger partial charge in [-0.05, 0) is 32.1 Å². The predicted octanol–water partition coefficient (Wildman–Crippen LogP) is 13.4. The van der Waals surface area contributed by atoms with Crippen LogP contribution in [-0.4, -0.2) is 30.9 Å². The van der Waals surface area contributed by atoms with Gasteiger partial charge in [0.1, 0.15) is 11.9 Å². The summed E-state index contributed by atoms with van der Waals surface area (Å²) in [4.78, 5) is 24.9. The molecule has 0 rings (SSSR count). The largest absolute Gasteiger partial charge is 0.462 e. The van der Waals surface area contributed by atoms with Crippen LogP contribution in [0.15, 0.2) is 0 Å². The molecule has 0 aromatic carbocycles. The molecule has 0 bridgehead atoms.